The second kappa shape index (κ2) is 5.69. The van der Waals surface area contributed by atoms with Crippen molar-refractivity contribution in [1.82, 2.24) is 9.80 Å². The van der Waals surface area contributed by atoms with E-state index in [0.717, 1.165) is 12.5 Å². The first kappa shape index (κ1) is 12.0. The predicted octanol–water partition coefficient (Wildman–Crippen LogP) is 0.607. The van der Waals surface area contributed by atoms with Gasteiger partial charge in [0.25, 0.3) is 0 Å². The summed E-state index contributed by atoms with van der Waals surface area (Å²) >= 11 is 0. The third kappa shape index (κ3) is 3.56. The van der Waals surface area contributed by atoms with Crippen LogP contribution >= 0.6 is 0 Å². The molecule has 0 bridgehead atoms. The molecule has 3 heteroatoms. The van der Waals surface area contributed by atoms with Crippen molar-refractivity contribution < 1.29 is 0 Å². The molecule has 1 saturated heterocycles. The second-order valence-electron chi connectivity index (χ2n) is 4.83. The zero-order valence-corrected chi connectivity index (χ0v) is 9.87. The van der Waals surface area contributed by atoms with Gasteiger partial charge in [0.15, 0.2) is 0 Å². The van der Waals surface area contributed by atoms with Crippen molar-refractivity contribution in [1.29, 1.82) is 0 Å². The summed E-state index contributed by atoms with van der Waals surface area (Å²) in [6, 6.07) is 0.717. The molecule has 0 amide bonds. The first-order chi connectivity index (χ1) is 6.63. The molecule has 2 atom stereocenters. The van der Waals surface area contributed by atoms with Crippen molar-refractivity contribution in [3.05, 3.63) is 0 Å². The van der Waals surface area contributed by atoms with E-state index in [2.05, 4.69) is 30.8 Å². The summed E-state index contributed by atoms with van der Waals surface area (Å²) in [5, 5.41) is 0. The molecule has 1 aliphatic rings. The molecule has 0 spiro atoms. The minimum absolute atomic E-state index is 0.717. The van der Waals surface area contributed by atoms with E-state index in [1.165, 1.54) is 32.5 Å². The summed E-state index contributed by atoms with van der Waals surface area (Å²) in [6.45, 7) is 6.84. The molecule has 84 valence electrons. The maximum absolute atomic E-state index is 5.68. The zero-order chi connectivity index (χ0) is 10.6. The minimum Gasteiger partial charge on any atom is -0.330 e. The van der Waals surface area contributed by atoms with Gasteiger partial charge in [-0.3, -0.25) is 0 Å². The van der Waals surface area contributed by atoms with Crippen LogP contribution < -0.4 is 5.73 Å². The Morgan fingerprint density at radius 2 is 2.21 bits per heavy atom. The second-order valence-corrected chi connectivity index (χ2v) is 4.83. The number of hydrogen-bond acceptors (Lipinski definition) is 3. The van der Waals surface area contributed by atoms with E-state index < -0.39 is 0 Å². The molecule has 0 aliphatic carbocycles. The molecule has 1 heterocycles. The Hall–Kier alpha value is -0.120. The highest BCUT2D eigenvalue weighted by atomic mass is 15.2. The molecule has 2 N–H and O–H groups in total. The lowest BCUT2D eigenvalue weighted by molar-refractivity contribution is 0.221. The highest BCUT2D eigenvalue weighted by molar-refractivity contribution is 4.80. The van der Waals surface area contributed by atoms with Crippen LogP contribution in [0.5, 0.6) is 0 Å². The lowest BCUT2D eigenvalue weighted by atomic mass is 10.1. The standard InChI is InChI=1S/C11H25N3/c1-10(4-6-13(2)3)14-7-5-11(8-12)9-14/h10-11H,4-9,12H2,1-3H3. The fourth-order valence-corrected chi connectivity index (χ4v) is 2.08. The van der Waals surface area contributed by atoms with Gasteiger partial charge in [-0.25, -0.2) is 0 Å². The summed E-state index contributed by atoms with van der Waals surface area (Å²) in [6.07, 6.45) is 2.56. The van der Waals surface area contributed by atoms with E-state index in [0.29, 0.717) is 6.04 Å². The quantitative estimate of drug-likeness (QED) is 0.704. The normalized spacial score (nSPS) is 25.9. The van der Waals surface area contributed by atoms with Crippen molar-refractivity contribution >= 4 is 0 Å². The van der Waals surface area contributed by atoms with Gasteiger partial charge < -0.3 is 15.5 Å². The van der Waals surface area contributed by atoms with Crippen LogP contribution in [0.2, 0.25) is 0 Å². The molecule has 1 aliphatic heterocycles. The molecule has 14 heavy (non-hydrogen) atoms. The number of rotatable bonds is 5. The predicted molar refractivity (Wildman–Crippen MR) is 61.4 cm³/mol. The molecule has 0 aromatic heterocycles. The van der Waals surface area contributed by atoms with Gasteiger partial charge in [0.2, 0.25) is 0 Å². The van der Waals surface area contributed by atoms with Crippen LogP contribution in [0.25, 0.3) is 0 Å². The van der Waals surface area contributed by atoms with Crippen LogP contribution in [0.3, 0.4) is 0 Å². The molecule has 0 aromatic rings. The largest absolute Gasteiger partial charge is 0.330 e. The molecule has 0 saturated carbocycles. The average Bonchev–Trinajstić information content (AvgIpc) is 2.62. The Labute approximate surface area is 88.2 Å². The van der Waals surface area contributed by atoms with Crippen molar-refractivity contribution in [2.45, 2.75) is 25.8 Å². The molecular weight excluding hydrogens is 174 g/mol. The van der Waals surface area contributed by atoms with E-state index in [-0.39, 0.29) is 0 Å². The zero-order valence-electron chi connectivity index (χ0n) is 9.87. The Morgan fingerprint density at radius 3 is 2.71 bits per heavy atom. The fraction of sp³-hybridized carbons (Fsp3) is 1.00. The molecular formula is C11H25N3. The lowest BCUT2D eigenvalue weighted by Gasteiger charge is -2.25. The summed E-state index contributed by atoms with van der Waals surface area (Å²) in [7, 11) is 4.28. The minimum atomic E-state index is 0.717. The fourth-order valence-electron chi connectivity index (χ4n) is 2.08. The molecule has 3 nitrogen and oxygen atoms in total. The van der Waals surface area contributed by atoms with Gasteiger partial charge in [-0.1, -0.05) is 0 Å². The lowest BCUT2D eigenvalue weighted by Crippen LogP contribution is -2.34. The van der Waals surface area contributed by atoms with Gasteiger partial charge in [0, 0.05) is 12.6 Å². The molecule has 1 fully saturated rings. The van der Waals surface area contributed by atoms with E-state index >= 15 is 0 Å². The van der Waals surface area contributed by atoms with Crippen molar-refractivity contribution in [2.75, 3.05) is 40.3 Å². The molecule has 0 radical (unpaired) electrons. The number of likely N-dealkylation sites (tertiary alicyclic amines) is 1. The van der Waals surface area contributed by atoms with Gasteiger partial charge >= 0.3 is 0 Å². The first-order valence-electron chi connectivity index (χ1n) is 5.72. The monoisotopic (exact) mass is 199 g/mol. The van der Waals surface area contributed by atoms with E-state index in [9.17, 15) is 0 Å². The summed E-state index contributed by atoms with van der Waals surface area (Å²) < 4.78 is 0. The SMILES string of the molecule is CC(CCN(C)C)N1CCC(CN)C1. The Balaban J connectivity index is 2.21. The first-order valence-corrected chi connectivity index (χ1v) is 5.72. The average molecular weight is 199 g/mol. The third-order valence-electron chi connectivity index (χ3n) is 3.27. The van der Waals surface area contributed by atoms with Crippen LogP contribution in [-0.2, 0) is 0 Å². The van der Waals surface area contributed by atoms with Crippen molar-refractivity contribution in [2.24, 2.45) is 11.7 Å². The Bertz CT molecular complexity index is 159. The third-order valence-corrected chi connectivity index (χ3v) is 3.27. The molecule has 0 aromatic carbocycles. The van der Waals surface area contributed by atoms with Crippen LogP contribution in [0.4, 0.5) is 0 Å². The van der Waals surface area contributed by atoms with E-state index in [4.69, 9.17) is 5.73 Å². The Morgan fingerprint density at radius 1 is 1.50 bits per heavy atom. The van der Waals surface area contributed by atoms with E-state index in [1.807, 2.05) is 0 Å². The van der Waals surface area contributed by atoms with E-state index in [1.54, 1.807) is 0 Å². The maximum atomic E-state index is 5.68. The van der Waals surface area contributed by atoms with Gasteiger partial charge in [-0.05, 0) is 59.4 Å². The number of nitrogens with zero attached hydrogens (tertiary/aromatic N) is 2. The summed E-state index contributed by atoms with van der Waals surface area (Å²) in [5.41, 5.74) is 5.68. The summed E-state index contributed by atoms with van der Waals surface area (Å²) in [5.74, 6) is 0.747. The highest BCUT2D eigenvalue weighted by Gasteiger charge is 2.24. The highest BCUT2D eigenvalue weighted by Crippen LogP contribution is 2.18. The molecule has 2 unspecified atom stereocenters. The van der Waals surface area contributed by atoms with Crippen molar-refractivity contribution in [3.8, 4) is 0 Å². The van der Waals surface area contributed by atoms with Gasteiger partial charge in [0.1, 0.15) is 0 Å². The molecule has 1 rings (SSSR count). The van der Waals surface area contributed by atoms with Crippen LogP contribution in [0.15, 0.2) is 0 Å². The smallest absolute Gasteiger partial charge is 0.00792 e. The topological polar surface area (TPSA) is 32.5 Å². The van der Waals surface area contributed by atoms with Crippen molar-refractivity contribution in [3.63, 3.8) is 0 Å². The Kier molecular flexibility index (Phi) is 4.85. The summed E-state index contributed by atoms with van der Waals surface area (Å²) in [4.78, 5) is 4.84. The number of hydrogen-bond donors (Lipinski definition) is 1. The van der Waals surface area contributed by atoms with Gasteiger partial charge in [-0.2, -0.15) is 0 Å². The van der Waals surface area contributed by atoms with Crippen LogP contribution in [0, 0.1) is 5.92 Å². The van der Waals surface area contributed by atoms with Crippen LogP contribution in [0.1, 0.15) is 19.8 Å². The maximum Gasteiger partial charge on any atom is 0.00792 e. The van der Waals surface area contributed by atoms with Crippen LogP contribution in [-0.4, -0.2) is 56.1 Å². The van der Waals surface area contributed by atoms with Gasteiger partial charge in [0.05, 0.1) is 0 Å². The number of nitrogens with two attached hydrogens (primary N) is 1. The van der Waals surface area contributed by atoms with Gasteiger partial charge in [-0.15, -0.1) is 0 Å².